The van der Waals surface area contributed by atoms with Gasteiger partial charge in [-0.05, 0) is 39.8 Å². The monoisotopic (exact) mass is 239 g/mol. The quantitative estimate of drug-likeness (QED) is 0.599. The molecule has 1 aromatic heterocycles. The van der Waals surface area contributed by atoms with Crippen molar-refractivity contribution in [2.75, 3.05) is 13.1 Å². The van der Waals surface area contributed by atoms with Gasteiger partial charge in [-0.25, -0.2) is 0 Å². The predicted octanol–water partition coefficient (Wildman–Crippen LogP) is 1.20. The van der Waals surface area contributed by atoms with E-state index in [1.165, 1.54) is 0 Å². The minimum absolute atomic E-state index is 0.211. The molecule has 0 aromatic carbocycles. The molecule has 0 fully saturated rings. The van der Waals surface area contributed by atoms with E-state index in [0.29, 0.717) is 0 Å². The van der Waals surface area contributed by atoms with Crippen LogP contribution in [-0.4, -0.2) is 34.4 Å². The molecule has 1 aromatic rings. The van der Waals surface area contributed by atoms with Crippen molar-refractivity contribution in [2.24, 2.45) is 0 Å². The first kappa shape index (κ1) is 13.7. The molecule has 0 aliphatic carbocycles. The summed E-state index contributed by atoms with van der Waals surface area (Å²) in [6, 6.07) is 1.90. The Morgan fingerprint density at radius 3 is 2.82 bits per heavy atom. The molecule has 0 spiro atoms. The van der Waals surface area contributed by atoms with Gasteiger partial charge in [0.15, 0.2) is 0 Å². The van der Waals surface area contributed by atoms with E-state index in [1.54, 1.807) is 6.20 Å². The van der Waals surface area contributed by atoms with E-state index in [4.69, 9.17) is 4.74 Å². The number of carbonyl (C=O) groups excluding carboxylic acids is 1. The average Bonchev–Trinajstić information content (AvgIpc) is 2.67. The summed E-state index contributed by atoms with van der Waals surface area (Å²) >= 11 is 0. The van der Waals surface area contributed by atoms with Gasteiger partial charge in [0.05, 0.1) is 6.54 Å². The van der Waals surface area contributed by atoms with Crippen LogP contribution in [0.4, 0.5) is 0 Å². The standard InChI is InChI=1S/C12H21N3O2/c1-12(2,3)17-11(16)10-13-6-4-8-15-9-5-7-14-15/h5,7,9,13H,4,6,8,10H2,1-3H3. The fraction of sp³-hybridized carbons (Fsp3) is 0.667. The van der Waals surface area contributed by atoms with Crippen molar-refractivity contribution >= 4 is 5.97 Å². The Kier molecular flexibility index (Phi) is 5.15. The molecule has 0 saturated carbocycles. The van der Waals surface area contributed by atoms with Crippen molar-refractivity contribution in [3.8, 4) is 0 Å². The first-order chi connectivity index (χ1) is 7.97. The number of ether oxygens (including phenoxy) is 1. The van der Waals surface area contributed by atoms with Gasteiger partial charge in [0.1, 0.15) is 5.60 Å². The average molecular weight is 239 g/mol. The molecular weight excluding hydrogens is 218 g/mol. The number of aromatic nitrogens is 2. The molecule has 0 unspecified atom stereocenters. The molecule has 5 heteroatoms. The Bertz CT molecular complexity index is 328. The third-order valence-corrected chi connectivity index (χ3v) is 1.99. The molecule has 0 amide bonds. The lowest BCUT2D eigenvalue weighted by molar-refractivity contribution is -0.153. The molecule has 0 bridgehead atoms. The Morgan fingerprint density at radius 1 is 1.47 bits per heavy atom. The molecule has 1 heterocycles. The van der Waals surface area contributed by atoms with Gasteiger partial charge >= 0.3 is 5.97 Å². The van der Waals surface area contributed by atoms with Gasteiger partial charge in [-0.15, -0.1) is 0 Å². The third-order valence-electron chi connectivity index (χ3n) is 1.99. The summed E-state index contributed by atoms with van der Waals surface area (Å²) in [4.78, 5) is 11.3. The number of aryl methyl sites for hydroxylation is 1. The van der Waals surface area contributed by atoms with Gasteiger partial charge in [0.2, 0.25) is 0 Å². The van der Waals surface area contributed by atoms with Crippen molar-refractivity contribution in [1.82, 2.24) is 15.1 Å². The highest BCUT2D eigenvalue weighted by atomic mass is 16.6. The summed E-state index contributed by atoms with van der Waals surface area (Å²) in [5.41, 5.74) is -0.409. The van der Waals surface area contributed by atoms with E-state index in [0.717, 1.165) is 19.5 Å². The minimum atomic E-state index is -0.409. The second kappa shape index (κ2) is 6.39. The van der Waals surface area contributed by atoms with Crippen LogP contribution in [-0.2, 0) is 16.1 Å². The van der Waals surface area contributed by atoms with Crippen molar-refractivity contribution < 1.29 is 9.53 Å². The van der Waals surface area contributed by atoms with Gasteiger partial charge in [-0.2, -0.15) is 5.10 Å². The summed E-state index contributed by atoms with van der Waals surface area (Å²) < 4.78 is 7.04. The Balaban J connectivity index is 2.02. The van der Waals surface area contributed by atoms with Crippen LogP contribution >= 0.6 is 0 Å². The summed E-state index contributed by atoms with van der Waals surface area (Å²) in [5, 5.41) is 7.15. The maximum Gasteiger partial charge on any atom is 0.320 e. The molecule has 17 heavy (non-hydrogen) atoms. The highest BCUT2D eigenvalue weighted by Gasteiger charge is 2.15. The van der Waals surface area contributed by atoms with Gasteiger partial charge in [0.25, 0.3) is 0 Å². The minimum Gasteiger partial charge on any atom is -0.459 e. The molecular formula is C12H21N3O2. The molecule has 5 nitrogen and oxygen atoms in total. The van der Waals surface area contributed by atoms with Crippen LogP contribution in [0.1, 0.15) is 27.2 Å². The van der Waals surface area contributed by atoms with Crippen molar-refractivity contribution in [3.63, 3.8) is 0 Å². The van der Waals surface area contributed by atoms with Crippen molar-refractivity contribution in [1.29, 1.82) is 0 Å². The SMILES string of the molecule is CC(C)(C)OC(=O)CNCCCn1cccn1. The Hall–Kier alpha value is -1.36. The highest BCUT2D eigenvalue weighted by Crippen LogP contribution is 2.06. The number of esters is 1. The maximum absolute atomic E-state index is 11.3. The van der Waals surface area contributed by atoms with Crippen molar-refractivity contribution in [3.05, 3.63) is 18.5 Å². The zero-order valence-electron chi connectivity index (χ0n) is 10.8. The van der Waals surface area contributed by atoms with Gasteiger partial charge in [-0.3, -0.25) is 9.48 Å². The normalized spacial score (nSPS) is 11.5. The van der Waals surface area contributed by atoms with Crippen LogP contribution in [0.15, 0.2) is 18.5 Å². The topological polar surface area (TPSA) is 56.1 Å². The lowest BCUT2D eigenvalue weighted by Crippen LogP contribution is -2.32. The van der Waals surface area contributed by atoms with Crippen LogP contribution in [0.25, 0.3) is 0 Å². The van der Waals surface area contributed by atoms with E-state index >= 15 is 0 Å². The number of nitrogens with zero attached hydrogens (tertiary/aromatic N) is 2. The molecule has 0 saturated heterocycles. The van der Waals surface area contributed by atoms with E-state index < -0.39 is 5.60 Å². The molecule has 1 rings (SSSR count). The fourth-order valence-electron chi connectivity index (χ4n) is 1.37. The maximum atomic E-state index is 11.3. The van der Waals surface area contributed by atoms with Crippen LogP contribution < -0.4 is 5.32 Å². The smallest absolute Gasteiger partial charge is 0.320 e. The number of hydrogen-bond acceptors (Lipinski definition) is 4. The first-order valence-corrected chi connectivity index (χ1v) is 5.87. The van der Waals surface area contributed by atoms with Gasteiger partial charge in [-0.1, -0.05) is 0 Å². The number of hydrogen-bond donors (Lipinski definition) is 1. The third kappa shape index (κ3) is 6.73. The summed E-state index contributed by atoms with van der Waals surface area (Å²) in [5.74, 6) is -0.211. The van der Waals surface area contributed by atoms with Crippen LogP contribution in [0.2, 0.25) is 0 Å². The molecule has 96 valence electrons. The lowest BCUT2D eigenvalue weighted by atomic mass is 10.2. The molecule has 0 aliphatic heterocycles. The van der Waals surface area contributed by atoms with Crippen LogP contribution in [0.5, 0.6) is 0 Å². The number of carbonyl (C=O) groups is 1. The molecule has 0 radical (unpaired) electrons. The van der Waals surface area contributed by atoms with E-state index in [2.05, 4.69) is 10.4 Å². The summed E-state index contributed by atoms with van der Waals surface area (Å²) in [7, 11) is 0. The van der Waals surface area contributed by atoms with E-state index in [-0.39, 0.29) is 12.5 Å². The van der Waals surface area contributed by atoms with Crippen LogP contribution in [0, 0.1) is 0 Å². The molecule has 1 N–H and O–H groups in total. The first-order valence-electron chi connectivity index (χ1n) is 5.87. The van der Waals surface area contributed by atoms with E-state index in [1.807, 2.05) is 37.7 Å². The largest absolute Gasteiger partial charge is 0.459 e. The fourth-order valence-corrected chi connectivity index (χ4v) is 1.37. The second-order valence-electron chi connectivity index (χ2n) is 4.89. The van der Waals surface area contributed by atoms with Crippen molar-refractivity contribution in [2.45, 2.75) is 39.3 Å². The lowest BCUT2D eigenvalue weighted by Gasteiger charge is -2.19. The summed E-state index contributed by atoms with van der Waals surface area (Å²) in [6.45, 7) is 7.48. The highest BCUT2D eigenvalue weighted by molar-refractivity contribution is 5.72. The molecule has 0 atom stereocenters. The van der Waals surface area contributed by atoms with E-state index in [9.17, 15) is 4.79 Å². The number of rotatable bonds is 6. The molecule has 0 aliphatic rings. The number of nitrogens with one attached hydrogen (secondary N) is 1. The zero-order chi connectivity index (χ0) is 12.7. The van der Waals surface area contributed by atoms with Gasteiger partial charge in [0, 0.05) is 18.9 Å². The second-order valence-corrected chi connectivity index (χ2v) is 4.89. The Morgan fingerprint density at radius 2 is 2.24 bits per heavy atom. The van der Waals surface area contributed by atoms with Gasteiger partial charge < -0.3 is 10.1 Å². The summed E-state index contributed by atoms with van der Waals surface area (Å²) in [6.07, 6.45) is 4.62. The van der Waals surface area contributed by atoms with Crippen LogP contribution in [0.3, 0.4) is 0 Å². The Labute approximate surface area is 102 Å². The zero-order valence-corrected chi connectivity index (χ0v) is 10.8. The predicted molar refractivity (Wildman–Crippen MR) is 65.6 cm³/mol.